The molecule has 0 radical (unpaired) electrons. The molecule has 1 unspecified atom stereocenters. The van der Waals surface area contributed by atoms with Crippen LogP contribution in [0.1, 0.15) is 23.2 Å². The molecule has 3 nitrogen and oxygen atoms in total. The molecule has 0 amide bonds. The van der Waals surface area contributed by atoms with Crippen LogP contribution in [-0.2, 0) is 4.74 Å². The number of halogens is 1. The number of carbonyl (C=O) groups is 1. The zero-order chi connectivity index (χ0) is 13.0. The molecule has 18 heavy (non-hydrogen) atoms. The molecule has 0 spiro atoms. The van der Waals surface area contributed by atoms with Crippen LogP contribution in [0.25, 0.3) is 0 Å². The van der Waals surface area contributed by atoms with Gasteiger partial charge in [0.05, 0.1) is 6.61 Å². The molecule has 2 rings (SSSR count). The molecule has 1 aliphatic heterocycles. The summed E-state index contributed by atoms with van der Waals surface area (Å²) in [6, 6.07) is 6.27. The van der Waals surface area contributed by atoms with E-state index in [4.69, 9.17) is 4.74 Å². The van der Waals surface area contributed by atoms with E-state index in [1.54, 1.807) is 12.1 Å². The van der Waals surface area contributed by atoms with Crippen molar-refractivity contribution in [3.63, 3.8) is 0 Å². The van der Waals surface area contributed by atoms with Crippen LogP contribution in [0, 0.1) is 5.82 Å². The maximum atomic E-state index is 13.0. The van der Waals surface area contributed by atoms with Crippen molar-refractivity contribution in [1.29, 1.82) is 0 Å². The van der Waals surface area contributed by atoms with Crippen LogP contribution >= 0.6 is 0 Å². The van der Waals surface area contributed by atoms with Gasteiger partial charge in [-0.1, -0.05) is 12.1 Å². The first kappa shape index (κ1) is 13.2. The fourth-order valence-corrected chi connectivity index (χ4v) is 2.14. The van der Waals surface area contributed by atoms with Gasteiger partial charge in [0.1, 0.15) is 5.82 Å². The predicted octanol–water partition coefficient (Wildman–Crippen LogP) is 2.12. The van der Waals surface area contributed by atoms with E-state index >= 15 is 0 Å². The van der Waals surface area contributed by atoms with Gasteiger partial charge in [-0.05, 0) is 25.6 Å². The third kappa shape index (κ3) is 3.37. The van der Waals surface area contributed by atoms with Gasteiger partial charge in [-0.2, -0.15) is 0 Å². The summed E-state index contributed by atoms with van der Waals surface area (Å²) < 4.78 is 18.3. The van der Waals surface area contributed by atoms with E-state index in [0.717, 1.165) is 19.6 Å². The van der Waals surface area contributed by atoms with Crippen molar-refractivity contribution in [1.82, 2.24) is 4.90 Å². The molecule has 0 aromatic heterocycles. The standard InChI is InChI=1S/C14H18FNO2/c1-16(13-6-8-18-10-13)7-5-14(17)11-3-2-4-12(15)9-11/h2-4,9,13H,5-8,10H2,1H3. The Morgan fingerprint density at radius 3 is 3.06 bits per heavy atom. The highest BCUT2D eigenvalue weighted by atomic mass is 19.1. The molecular weight excluding hydrogens is 233 g/mol. The molecule has 1 aromatic carbocycles. The lowest BCUT2D eigenvalue weighted by atomic mass is 10.1. The van der Waals surface area contributed by atoms with Crippen molar-refractivity contribution in [2.75, 3.05) is 26.8 Å². The van der Waals surface area contributed by atoms with Crippen LogP contribution in [0.5, 0.6) is 0 Å². The summed E-state index contributed by atoms with van der Waals surface area (Å²) >= 11 is 0. The maximum Gasteiger partial charge on any atom is 0.164 e. The number of ketones is 1. The first-order chi connectivity index (χ1) is 8.66. The Kier molecular flexibility index (Phi) is 4.44. The van der Waals surface area contributed by atoms with E-state index in [0.29, 0.717) is 24.6 Å². The van der Waals surface area contributed by atoms with Crippen molar-refractivity contribution >= 4 is 5.78 Å². The van der Waals surface area contributed by atoms with Crippen LogP contribution in [0.4, 0.5) is 4.39 Å². The van der Waals surface area contributed by atoms with E-state index in [1.165, 1.54) is 12.1 Å². The average Bonchev–Trinajstić information content (AvgIpc) is 2.89. The third-order valence-corrected chi connectivity index (χ3v) is 3.37. The Bertz CT molecular complexity index is 416. The molecule has 1 aliphatic rings. The van der Waals surface area contributed by atoms with Crippen LogP contribution in [0.2, 0.25) is 0 Å². The fraction of sp³-hybridized carbons (Fsp3) is 0.500. The number of nitrogens with zero attached hydrogens (tertiary/aromatic N) is 1. The number of carbonyl (C=O) groups excluding carboxylic acids is 1. The molecule has 0 saturated carbocycles. The monoisotopic (exact) mass is 251 g/mol. The zero-order valence-corrected chi connectivity index (χ0v) is 10.6. The van der Waals surface area contributed by atoms with Crippen molar-refractivity contribution < 1.29 is 13.9 Å². The normalized spacial score (nSPS) is 19.4. The van der Waals surface area contributed by atoms with E-state index in [2.05, 4.69) is 4.90 Å². The van der Waals surface area contributed by atoms with Gasteiger partial charge < -0.3 is 9.64 Å². The molecule has 4 heteroatoms. The number of rotatable bonds is 5. The van der Waals surface area contributed by atoms with Gasteiger partial charge in [0.15, 0.2) is 5.78 Å². The second kappa shape index (κ2) is 6.07. The zero-order valence-electron chi connectivity index (χ0n) is 10.6. The van der Waals surface area contributed by atoms with Crippen LogP contribution < -0.4 is 0 Å². The summed E-state index contributed by atoms with van der Waals surface area (Å²) in [7, 11) is 2.00. The fourth-order valence-electron chi connectivity index (χ4n) is 2.14. The molecular formula is C14H18FNO2. The Morgan fingerprint density at radius 2 is 2.39 bits per heavy atom. The largest absolute Gasteiger partial charge is 0.380 e. The summed E-state index contributed by atoms with van der Waals surface area (Å²) in [5, 5.41) is 0. The minimum absolute atomic E-state index is 0.0136. The molecule has 0 N–H and O–H groups in total. The smallest absolute Gasteiger partial charge is 0.164 e. The highest BCUT2D eigenvalue weighted by Crippen LogP contribution is 2.12. The lowest BCUT2D eigenvalue weighted by Gasteiger charge is -2.22. The summed E-state index contributed by atoms with van der Waals surface area (Å²) in [6.45, 7) is 2.22. The Labute approximate surface area is 107 Å². The Hall–Kier alpha value is -1.26. The maximum absolute atomic E-state index is 13.0. The molecule has 1 saturated heterocycles. The first-order valence-electron chi connectivity index (χ1n) is 6.23. The Morgan fingerprint density at radius 1 is 1.56 bits per heavy atom. The van der Waals surface area contributed by atoms with E-state index in [9.17, 15) is 9.18 Å². The third-order valence-electron chi connectivity index (χ3n) is 3.37. The number of ether oxygens (including phenoxy) is 1. The van der Waals surface area contributed by atoms with Crippen molar-refractivity contribution in [2.24, 2.45) is 0 Å². The van der Waals surface area contributed by atoms with Gasteiger partial charge in [0.25, 0.3) is 0 Å². The first-order valence-corrected chi connectivity index (χ1v) is 6.23. The number of likely N-dealkylation sites (N-methyl/N-ethyl adjacent to an activating group) is 1. The van der Waals surface area contributed by atoms with Gasteiger partial charge in [-0.15, -0.1) is 0 Å². The summed E-state index contributed by atoms with van der Waals surface area (Å²) in [5.41, 5.74) is 0.450. The van der Waals surface area contributed by atoms with Gasteiger partial charge in [-0.3, -0.25) is 4.79 Å². The van der Waals surface area contributed by atoms with Crippen LogP contribution in [0.3, 0.4) is 0 Å². The van der Waals surface area contributed by atoms with Crippen LogP contribution in [-0.4, -0.2) is 43.5 Å². The molecule has 98 valence electrons. The molecule has 1 heterocycles. The van der Waals surface area contributed by atoms with Gasteiger partial charge >= 0.3 is 0 Å². The van der Waals surface area contributed by atoms with E-state index in [-0.39, 0.29) is 11.6 Å². The van der Waals surface area contributed by atoms with Crippen LogP contribution in [0.15, 0.2) is 24.3 Å². The summed E-state index contributed by atoms with van der Waals surface area (Å²) in [5.74, 6) is -0.376. The second-order valence-electron chi connectivity index (χ2n) is 4.68. The topological polar surface area (TPSA) is 29.5 Å². The minimum Gasteiger partial charge on any atom is -0.380 e. The summed E-state index contributed by atoms with van der Waals surface area (Å²) in [6.07, 6.45) is 1.43. The van der Waals surface area contributed by atoms with Gasteiger partial charge in [0.2, 0.25) is 0 Å². The molecule has 0 bridgehead atoms. The molecule has 1 fully saturated rings. The average molecular weight is 251 g/mol. The second-order valence-corrected chi connectivity index (χ2v) is 4.68. The van der Waals surface area contributed by atoms with Gasteiger partial charge in [0, 0.05) is 31.2 Å². The van der Waals surface area contributed by atoms with E-state index in [1.807, 2.05) is 7.05 Å². The molecule has 1 aromatic rings. The molecule has 1 atom stereocenters. The highest BCUT2D eigenvalue weighted by Gasteiger charge is 2.20. The lowest BCUT2D eigenvalue weighted by molar-refractivity contribution is 0.0954. The SMILES string of the molecule is CN(CCC(=O)c1cccc(F)c1)C1CCOC1. The highest BCUT2D eigenvalue weighted by molar-refractivity contribution is 5.96. The molecule has 0 aliphatic carbocycles. The number of hydrogen-bond acceptors (Lipinski definition) is 3. The lowest BCUT2D eigenvalue weighted by Crippen LogP contribution is -2.33. The number of Topliss-reactive ketones (excluding diaryl/α,β-unsaturated/α-hetero) is 1. The van der Waals surface area contributed by atoms with Gasteiger partial charge in [-0.25, -0.2) is 4.39 Å². The van der Waals surface area contributed by atoms with Crippen molar-refractivity contribution in [3.8, 4) is 0 Å². The Balaban J connectivity index is 1.84. The summed E-state index contributed by atoms with van der Waals surface area (Å²) in [4.78, 5) is 14.0. The van der Waals surface area contributed by atoms with Crippen molar-refractivity contribution in [2.45, 2.75) is 18.9 Å². The minimum atomic E-state index is -0.363. The van der Waals surface area contributed by atoms with Crippen molar-refractivity contribution in [3.05, 3.63) is 35.6 Å². The predicted molar refractivity (Wildman–Crippen MR) is 67.2 cm³/mol. The van der Waals surface area contributed by atoms with E-state index < -0.39 is 0 Å². The quantitative estimate of drug-likeness (QED) is 0.751. The number of benzene rings is 1. The number of hydrogen-bond donors (Lipinski definition) is 0.